The van der Waals surface area contributed by atoms with Crippen LogP contribution < -0.4 is 21.9 Å². The Bertz CT molecular complexity index is 2850. The van der Waals surface area contributed by atoms with E-state index in [2.05, 4.69) is 0 Å². The Labute approximate surface area is 430 Å². The van der Waals surface area contributed by atoms with E-state index in [1.54, 1.807) is 12.1 Å². The maximum Gasteiger partial charge on any atom is 0.416 e. The van der Waals surface area contributed by atoms with Crippen LogP contribution in [0.3, 0.4) is 0 Å². The lowest BCUT2D eigenvalue weighted by Gasteiger charge is -2.46. The molecule has 7 aromatic carbocycles. The van der Waals surface area contributed by atoms with Crippen molar-refractivity contribution in [3.63, 3.8) is 0 Å². The lowest BCUT2D eigenvalue weighted by Crippen LogP contribution is -2.75. The highest BCUT2D eigenvalue weighted by Crippen LogP contribution is 2.42. The molecular weight excluding hydrogens is 1140 g/mol. The first-order chi connectivity index (χ1) is 35.9. The van der Waals surface area contributed by atoms with Gasteiger partial charge in [-0.1, -0.05) is 101 Å². The minimum atomic E-state index is -6.13. The summed E-state index contributed by atoms with van der Waals surface area (Å²) in [4.78, 5) is 1.66. The number of hydrogen-bond acceptors (Lipinski definition) is 2. The quantitative estimate of drug-likeness (QED) is 0.0935. The Morgan fingerprint density at radius 3 is 0.696 bits per heavy atom. The highest BCUT2D eigenvalue weighted by molar-refractivity contribution is 8.02. The van der Waals surface area contributed by atoms with Gasteiger partial charge >= 0.3 is 49.4 Å². The molecule has 7 aromatic rings. The largest absolute Gasteiger partial charge is 0.508 e. The number of phenolic OH excluding ortho intramolecular Hbond substituents is 1. The monoisotopic (exact) mass is 1170 g/mol. The second kappa shape index (κ2) is 21.2. The van der Waals surface area contributed by atoms with Gasteiger partial charge in [0.1, 0.15) is 17.6 Å². The van der Waals surface area contributed by atoms with Gasteiger partial charge in [-0.3, -0.25) is 0 Å². The molecule has 0 heterocycles. The van der Waals surface area contributed by atoms with Gasteiger partial charge in [-0.05, 0) is 60.7 Å². The molecule has 0 aromatic heterocycles. The fourth-order valence-electron chi connectivity index (χ4n) is 8.48. The van der Waals surface area contributed by atoms with E-state index in [0.29, 0.717) is 5.75 Å². The van der Waals surface area contributed by atoms with Crippen molar-refractivity contribution in [1.82, 2.24) is 0 Å². The van der Waals surface area contributed by atoms with Crippen molar-refractivity contribution in [2.75, 3.05) is 0 Å². The zero-order chi connectivity index (χ0) is 59.3. The molecule has 2 nitrogen and oxygen atoms in total. The van der Waals surface area contributed by atoms with Crippen LogP contribution in [0.25, 0.3) is 0 Å². The van der Waals surface area contributed by atoms with Crippen LogP contribution in [0.15, 0.2) is 168 Å². The molecule has 0 aliphatic rings. The molecular formula is C51H29BF24O2S. The number of phenols is 1. The maximum absolute atomic E-state index is 14.2. The van der Waals surface area contributed by atoms with Gasteiger partial charge in [0, 0.05) is 5.56 Å². The van der Waals surface area contributed by atoms with Crippen molar-refractivity contribution in [2.24, 2.45) is 0 Å². The molecule has 28 heteroatoms. The number of hydrogen-bond donors (Lipinski definition) is 1. The van der Waals surface area contributed by atoms with Crippen LogP contribution in [0.4, 0.5) is 105 Å². The predicted octanol–water partition coefficient (Wildman–Crippen LogP) is 15.7. The van der Waals surface area contributed by atoms with Crippen LogP contribution in [0, 0.1) is 0 Å². The third-order valence-corrected chi connectivity index (χ3v) is 14.8. The molecule has 0 atom stereocenters. The third-order valence-electron chi connectivity index (χ3n) is 12.0. The van der Waals surface area contributed by atoms with Crippen molar-refractivity contribution < 1.29 is 115 Å². The SMILES string of the molecule is FC(F)(F)c1cc([B-](c2cc(C(F)(F)F)cc(C(F)(F)F)c2)(c2cc(C(F)(F)F)cc(C(F)(F)F)c2)c2cc(C(F)(F)F)cc(C(F)(F)F)c2)cc(C(F)(F)F)c1.O=[S+](Cc1ccc(O)cc1)(c1ccccc1)c1ccccc1. The van der Waals surface area contributed by atoms with E-state index in [4.69, 9.17) is 0 Å². The number of halogens is 24. The summed E-state index contributed by atoms with van der Waals surface area (Å²) >= 11 is 0. The minimum Gasteiger partial charge on any atom is -0.508 e. The molecule has 79 heavy (non-hydrogen) atoms. The van der Waals surface area contributed by atoms with Crippen molar-refractivity contribution in [1.29, 1.82) is 0 Å². The highest BCUT2D eigenvalue weighted by Gasteiger charge is 2.47. The maximum atomic E-state index is 14.2. The molecule has 0 saturated heterocycles. The van der Waals surface area contributed by atoms with Gasteiger partial charge < -0.3 is 5.11 Å². The number of rotatable bonds is 8. The Kier molecular flexibility index (Phi) is 16.4. The summed E-state index contributed by atoms with van der Waals surface area (Å²) in [6.45, 7) is 0. The van der Waals surface area contributed by atoms with E-state index in [0.717, 1.165) is 15.4 Å². The van der Waals surface area contributed by atoms with Gasteiger partial charge in [0.2, 0.25) is 0 Å². The van der Waals surface area contributed by atoms with E-state index >= 15 is 0 Å². The first-order valence-electron chi connectivity index (χ1n) is 21.7. The summed E-state index contributed by atoms with van der Waals surface area (Å²) in [5, 5.41) is 9.42. The third kappa shape index (κ3) is 13.8. The number of alkyl halides is 24. The first-order valence-corrected chi connectivity index (χ1v) is 23.4. The van der Waals surface area contributed by atoms with Crippen LogP contribution >= 0.6 is 0 Å². The lowest BCUT2D eigenvalue weighted by atomic mass is 9.12. The Hall–Kier alpha value is -7.13. The number of aromatic hydroxyl groups is 1. The van der Waals surface area contributed by atoms with E-state index in [1.165, 1.54) is 0 Å². The molecule has 0 fully saturated rings. The van der Waals surface area contributed by atoms with E-state index in [9.17, 15) is 115 Å². The van der Waals surface area contributed by atoms with Gasteiger partial charge in [0.25, 0.3) is 0 Å². The Morgan fingerprint density at radius 1 is 0.304 bits per heavy atom. The summed E-state index contributed by atoms with van der Waals surface area (Å²) in [7, 11) is -2.39. The van der Waals surface area contributed by atoms with Crippen molar-refractivity contribution in [2.45, 2.75) is 65.0 Å². The smallest absolute Gasteiger partial charge is 0.416 e. The summed E-state index contributed by atoms with van der Waals surface area (Å²) < 4.78 is 355. The van der Waals surface area contributed by atoms with Crippen LogP contribution in [0.1, 0.15) is 50.1 Å². The van der Waals surface area contributed by atoms with Crippen LogP contribution in [-0.2, 0) is 69.3 Å². The van der Waals surface area contributed by atoms with E-state index in [-0.39, 0.29) is 5.75 Å². The van der Waals surface area contributed by atoms with Crippen molar-refractivity contribution in [3.8, 4) is 5.75 Å². The Morgan fingerprint density at radius 2 is 0.506 bits per heavy atom. The van der Waals surface area contributed by atoms with Crippen molar-refractivity contribution >= 4 is 37.9 Å². The summed E-state index contributed by atoms with van der Waals surface area (Å²) in [5.74, 6) is 0.635. The van der Waals surface area contributed by atoms with Gasteiger partial charge in [0.05, 0.1) is 44.5 Å². The molecule has 0 unspecified atom stereocenters. The van der Waals surface area contributed by atoms with Gasteiger partial charge in [-0.2, -0.15) is 127 Å². The lowest BCUT2D eigenvalue weighted by molar-refractivity contribution is -0.144. The normalized spacial score (nSPS) is 13.5. The van der Waals surface area contributed by atoms with Gasteiger partial charge in [0.15, 0.2) is 19.7 Å². The standard InChI is InChI=1S/C32H12BF24.C19H16O2S/c34-25(35,36)13-1-14(26(37,38)39)6-21(5-13)33(22-7-15(27(40,41)42)2-16(8-22)28(43,44)45,23-9-17(29(46,47)48)3-18(10-23)30(49,50)51)24-11-19(31(52,53)54)4-20(12-24)32(55,56)57;20-17-13-11-16(12-14-17)15-22(21,18-7-3-1-4-8-18)19-9-5-2-6-10-19/h1-12H;1-14H,15H2/q-1;/p+1. The molecule has 0 amide bonds. The molecule has 1 N–H and O–H groups in total. The molecule has 0 spiro atoms. The van der Waals surface area contributed by atoms with Crippen molar-refractivity contribution in [3.05, 3.63) is 208 Å². The topological polar surface area (TPSA) is 37.3 Å². The van der Waals surface area contributed by atoms with Gasteiger partial charge in [-0.25, -0.2) is 0 Å². The zero-order valence-corrected chi connectivity index (χ0v) is 39.4. The average Bonchev–Trinajstić information content (AvgIpc) is 3.55. The molecule has 0 bridgehead atoms. The fourth-order valence-corrected chi connectivity index (χ4v) is 10.9. The summed E-state index contributed by atoms with van der Waals surface area (Å²) in [5.41, 5.74) is -29.3. The molecule has 0 radical (unpaired) electrons. The molecule has 0 saturated carbocycles. The first kappa shape index (κ1) is 61.1. The zero-order valence-electron chi connectivity index (χ0n) is 38.6. The average molecular weight is 1170 g/mol. The van der Waals surface area contributed by atoms with Gasteiger partial charge in [-0.15, -0.1) is 0 Å². The summed E-state index contributed by atoms with van der Waals surface area (Å²) in [6.07, 6.45) is -54.8. The van der Waals surface area contributed by atoms with Crippen LogP contribution in [0.5, 0.6) is 5.75 Å². The molecule has 7 rings (SSSR count). The van der Waals surface area contributed by atoms with E-state index in [1.807, 2.05) is 72.8 Å². The fraction of sp³-hybridized carbons (Fsp3) is 0.176. The van der Waals surface area contributed by atoms with Crippen LogP contribution in [-0.4, -0.2) is 11.3 Å². The second-order valence-electron chi connectivity index (χ2n) is 17.3. The Balaban J connectivity index is 0.000000378. The summed E-state index contributed by atoms with van der Waals surface area (Å²) in [6, 6.07) is 17.2. The van der Waals surface area contributed by atoms with Crippen LogP contribution in [0.2, 0.25) is 0 Å². The molecule has 422 valence electrons. The minimum absolute atomic E-state index is 0.217. The number of benzene rings is 7. The molecule has 0 aliphatic carbocycles. The molecule has 0 aliphatic heterocycles. The highest BCUT2D eigenvalue weighted by atomic mass is 32.2. The second-order valence-corrected chi connectivity index (χ2v) is 19.9. The predicted molar refractivity (Wildman–Crippen MR) is 239 cm³/mol. The van der Waals surface area contributed by atoms with E-state index < -0.39 is 205 Å².